The summed E-state index contributed by atoms with van der Waals surface area (Å²) in [5.74, 6) is 0.616. The van der Waals surface area contributed by atoms with E-state index < -0.39 is 6.04 Å². The number of methoxy groups -OCH3 is 2. The summed E-state index contributed by atoms with van der Waals surface area (Å²) in [4.78, 5) is 31.6. The topological polar surface area (TPSA) is 83.9 Å². The molecule has 1 aliphatic carbocycles. The molecule has 1 atom stereocenters. The second-order valence-electron chi connectivity index (χ2n) is 10.8. The monoisotopic (exact) mass is 566 g/mol. The number of carbonyl (C=O) groups excluding carboxylic acids is 2. The molecule has 2 heterocycles. The highest BCUT2D eigenvalue weighted by Crippen LogP contribution is 2.36. The third-order valence-corrected chi connectivity index (χ3v) is 8.27. The Morgan fingerprint density at radius 1 is 1.05 bits per heavy atom. The molecule has 220 valence electrons. The number of halogens is 1. The Morgan fingerprint density at radius 2 is 1.78 bits per heavy atom. The Balaban J connectivity index is 1.41. The van der Waals surface area contributed by atoms with E-state index in [0.717, 1.165) is 49.9 Å². The van der Waals surface area contributed by atoms with Gasteiger partial charge in [0.1, 0.15) is 23.9 Å². The van der Waals surface area contributed by atoms with E-state index >= 15 is 0 Å². The Kier molecular flexibility index (Phi) is 9.51. The van der Waals surface area contributed by atoms with Crippen molar-refractivity contribution in [3.05, 3.63) is 59.4 Å². The molecule has 0 radical (unpaired) electrons. The van der Waals surface area contributed by atoms with Crippen molar-refractivity contribution in [2.45, 2.75) is 38.1 Å². The zero-order valence-electron chi connectivity index (χ0n) is 23.9. The van der Waals surface area contributed by atoms with Crippen LogP contribution in [-0.4, -0.2) is 92.5 Å². The summed E-state index contributed by atoms with van der Waals surface area (Å²) in [6.45, 7) is 4.08. The Labute approximate surface area is 240 Å². The van der Waals surface area contributed by atoms with Crippen LogP contribution >= 0.6 is 0 Å². The van der Waals surface area contributed by atoms with Crippen molar-refractivity contribution in [2.75, 3.05) is 60.2 Å². The maximum absolute atomic E-state index is 14.0. The lowest BCUT2D eigenvalue weighted by atomic mass is 9.97. The van der Waals surface area contributed by atoms with Crippen molar-refractivity contribution < 1.29 is 28.2 Å². The van der Waals surface area contributed by atoms with Gasteiger partial charge in [0.25, 0.3) is 5.91 Å². The molecule has 9 nitrogen and oxygen atoms in total. The second-order valence-corrected chi connectivity index (χ2v) is 10.8. The molecule has 5 rings (SSSR count). The van der Waals surface area contributed by atoms with Gasteiger partial charge in [0.15, 0.2) is 0 Å². The molecule has 2 aliphatic heterocycles. The van der Waals surface area contributed by atoms with Crippen LogP contribution in [0.3, 0.4) is 0 Å². The predicted octanol–water partition coefficient (Wildman–Crippen LogP) is 3.87. The van der Waals surface area contributed by atoms with Crippen molar-refractivity contribution in [3.8, 4) is 11.5 Å². The van der Waals surface area contributed by atoms with Crippen LogP contribution in [0.4, 0.5) is 4.39 Å². The second kappa shape index (κ2) is 13.4. The van der Waals surface area contributed by atoms with Crippen molar-refractivity contribution in [1.29, 1.82) is 0 Å². The van der Waals surface area contributed by atoms with E-state index in [0.29, 0.717) is 49.9 Å². The van der Waals surface area contributed by atoms with Gasteiger partial charge in [0.05, 0.1) is 39.2 Å². The maximum atomic E-state index is 14.0. The van der Waals surface area contributed by atoms with Gasteiger partial charge in [-0.3, -0.25) is 14.5 Å². The molecule has 41 heavy (non-hydrogen) atoms. The highest BCUT2D eigenvalue weighted by Gasteiger charge is 2.36. The minimum Gasteiger partial charge on any atom is -0.497 e. The van der Waals surface area contributed by atoms with Crippen LogP contribution in [0.25, 0.3) is 0 Å². The number of carbonyl (C=O) groups is 2. The van der Waals surface area contributed by atoms with Gasteiger partial charge in [-0.1, -0.05) is 25.0 Å². The van der Waals surface area contributed by atoms with Gasteiger partial charge in [-0.25, -0.2) is 9.40 Å². The van der Waals surface area contributed by atoms with Crippen LogP contribution < -0.4 is 9.47 Å². The number of hydrazone groups is 1. The number of ether oxygens (including phenoxy) is 3. The lowest BCUT2D eigenvalue weighted by Gasteiger charge is -2.32. The summed E-state index contributed by atoms with van der Waals surface area (Å²) in [7, 11) is 3.17. The summed E-state index contributed by atoms with van der Waals surface area (Å²) >= 11 is 0. The maximum Gasteiger partial charge on any atom is 0.262 e. The van der Waals surface area contributed by atoms with Crippen molar-refractivity contribution >= 4 is 17.5 Å². The van der Waals surface area contributed by atoms with Crippen molar-refractivity contribution in [3.63, 3.8) is 0 Å². The molecule has 2 aromatic carbocycles. The van der Waals surface area contributed by atoms with E-state index in [4.69, 9.17) is 19.3 Å². The van der Waals surface area contributed by atoms with Gasteiger partial charge in [0.2, 0.25) is 5.91 Å². The average Bonchev–Trinajstić information content (AvgIpc) is 3.71. The summed E-state index contributed by atoms with van der Waals surface area (Å²) < 4.78 is 30.2. The fourth-order valence-corrected chi connectivity index (χ4v) is 5.91. The van der Waals surface area contributed by atoms with Crippen LogP contribution in [0.2, 0.25) is 0 Å². The summed E-state index contributed by atoms with van der Waals surface area (Å²) in [6, 6.07) is 11.2. The number of hydrogen-bond acceptors (Lipinski definition) is 7. The van der Waals surface area contributed by atoms with E-state index in [1.807, 2.05) is 12.1 Å². The summed E-state index contributed by atoms with van der Waals surface area (Å²) in [6.07, 6.45) is 4.23. The predicted molar refractivity (Wildman–Crippen MR) is 152 cm³/mol. The molecule has 0 N–H and O–H groups in total. The normalized spacial score (nSPS) is 19.7. The number of hydrogen-bond donors (Lipinski definition) is 0. The molecule has 0 bridgehead atoms. The Hall–Kier alpha value is -3.50. The quantitative estimate of drug-likeness (QED) is 0.434. The first-order valence-corrected chi connectivity index (χ1v) is 14.4. The fraction of sp³-hybridized carbons (Fsp3) is 0.516. The van der Waals surface area contributed by atoms with Crippen molar-refractivity contribution in [2.24, 2.45) is 11.0 Å². The van der Waals surface area contributed by atoms with E-state index in [2.05, 4.69) is 4.90 Å². The van der Waals surface area contributed by atoms with Crippen LogP contribution in [0, 0.1) is 11.7 Å². The van der Waals surface area contributed by atoms with Gasteiger partial charge in [-0.05, 0) is 42.7 Å². The molecule has 2 amide bonds. The zero-order valence-corrected chi connectivity index (χ0v) is 23.9. The number of rotatable bonds is 10. The molecular formula is C31H39FN4O5. The third kappa shape index (κ3) is 6.87. The summed E-state index contributed by atoms with van der Waals surface area (Å²) in [5.41, 5.74) is 2.20. The zero-order chi connectivity index (χ0) is 28.8. The summed E-state index contributed by atoms with van der Waals surface area (Å²) in [5, 5.41) is 6.25. The largest absolute Gasteiger partial charge is 0.497 e. The van der Waals surface area contributed by atoms with Crippen molar-refractivity contribution in [1.82, 2.24) is 14.8 Å². The minimum atomic E-state index is -0.437. The molecule has 3 aliphatic rings. The molecule has 0 aromatic heterocycles. The molecule has 10 heteroatoms. The first-order valence-electron chi connectivity index (χ1n) is 14.4. The van der Waals surface area contributed by atoms with Gasteiger partial charge in [-0.2, -0.15) is 5.10 Å². The smallest absolute Gasteiger partial charge is 0.262 e. The number of benzene rings is 2. The molecule has 2 fully saturated rings. The number of amides is 2. The van der Waals surface area contributed by atoms with Crippen LogP contribution in [0.5, 0.6) is 11.5 Å². The highest BCUT2D eigenvalue weighted by molar-refractivity contribution is 6.05. The molecule has 1 saturated carbocycles. The van der Waals surface area contributed by atoms with Crippen LogP contribution in [0.1, 0.15) is 49.3 Å². The molecule has 0 unspecified atom stereocenters. The van der Waals surface area contributed by atoms with Gasteiger partial charge in [-0.15, -0.1) is 0 Å². The Morgan fingerprint density at radius 3 is 2.46 bits per heavy atom. The highest BCUT2D eigenvalue weighted by atomic mass is 19.1. The lowest BCUT2D eigenvalue weighted by Crippen LogP contribution is -2.47. The number of morpholine rings is 1. The Bertz CT molecular complexity index is 1240. The van der Waals surface area contributed by atoms with Gasteiger partial charge in [0, 0.05) is 50.1 Å². The lowest BCUT2D eigenvalue weighted by molar-refractivity contribution is -0.144. The molecule has 2 aromatic rings. The third-order valence-electron chi connectivity index (χ3n) is 8.27. The SMILES string of the molecule is COc1ccc(C2=NN(C(=O)CN(CCN3CCOCC3)C(=O)C3CCCC3)[C@H](c3ccc(F)cc3)C2)c(OC)c1. The average molecular weight is 567 g/mol. The van der Waals surface area contributed by atoms with E-state index in [-0.39, 0.29) is 30.1 Å². The van der Waals surface area contributed by atoms with Crippen LogP contribution in [-0.2, 0) is 14.3 Å². The van der Waals surface area contributed by atoms with E-state index in [9.17, 15) is 14.0 Å². The molecular weight excluding hydrogens is 527 g/mol. The standard InChI is InChI=1S/C31H39FN4O5/c1-39-25-11-12-26(29(19-25)40-2)27-20-28(22-7-9-24(32)10-8-22)36(33-27)30(37)21-35(31(38)23-5-3-4-6-23)14-13-34-15-17-41-18-16-34/h7-12,19,23,28H,3-6,13-18,20-21H2,1-2H3/t28-/m0/s1. The molecule has 1 saturated heterocycles. The van der Waals surface area contributed by atoms with Crippen LogP contribution in [0.15, 0.2) is 47.6 Å². The molecule has 0 spiro atoms. The fourth-order valence-electron chi connectivity index (χ4n) is 5.91. The van der Waals surface area contributed by atoms with Gasteiger partial charge < -0.3 is 19.1 Å². The van der Waals surface area contributed by atoms with E-state index in [1.54, 1.807) is 37.3 Å². The first-order chi connectivity index (χ1) is 20.0. The minimum absolute atomic E-state index is 0.0402. The first kappa shape index (κ1) is 29.0. The van der Waals surface area contributed by atoms with Gasteiger partial charge >= 0.3 is 0 Å². The van der Waals surface area contributed by atoms with E-state index in [1.165, 1.54) is 17.1 Å². The number of nitrogens with zero attached hydrogens (tertiary/aromatic N) is 4.